The van der Waals surface area contributed by atoms with Crippen molar-refractivity contribution in [2.24, 2.45) is 7.05 Å². The van der Waals surface area contributed by atoms with Gasteiger partial charge in [-0.3, -0.25) is 9.48 Å². The highest BCUT2D eigenvalue weighted by Crippen LogP contribution is 2.05. The number of benzene rings is 1. The molecule has 1 amide bonds. The molecule has 0 radical (unpaired) electrons. The number of nitrogens with one attached hydrogen (secondary N) is 1. The Morgan fingerprint density at radius 3 is 2.72 bits per heavy atom. The van der Waals surface area contributed by atoms with Crippen LogP contribution in [0.15, 0.2) is 30.3 Å². The summed E-state index contributed by atoms with van der Waals surface area (Å²) in [4.78, 5) is 11.9. The number of nitrogens with zero attached hydrogens (tertiary/aromatic N) is 2. The third-order valence-electron chi connectivity index (χ3n) is 2.81. The molecule has 0 fully saturated rings. The van der Waals surface area contributed by atoms with Crippen LogP contribution in [0.1, 0.15) is 27.3 Å². The Morgan fingerprint density at radius 1 is 1.33 bits per heavy atom. The van der Waals surface area contributed by atoms with Crippen LogP contribution >= 0.6 is 0 Å². The molecule has 0 aliphatic rings. The molecule has 94 valence electrons. The molecule has 18 heavy (non-hydrogen) atoms. The van der Waals surface area contributed by atoms with Crippen molar-refractivity contribution in [3.8, 4) is 0 Å². The van der Waals surface area contributed by atoms with E-state index in [9.17, 15) is 4.79 Å². The number of hydrogen-bond acceptors (Lipinski definition) is 2. The standard InChI is InChI=1S/C14H17N3O/c1-10-5-4-6-12(7-10)14(18)15-9-13-8-11(2)16-17(13)3/h4-8H,9H2,1-3H3,(H,15,18). The first-order valence-electron chi connectivity index (χ1n) is 5.90. The minimum Gasteiger partial charge on any atom is -0.346 e. The fraction of sp³-hybridized carbons (Fsp3) is 0.286. The SMILES string of the molecule is Cc1cccc(C(=O)NCc2cc(C)nn2C)c1. The van der Waals surface area contributed by atoms with Crippen LogP contribution in [-0.2, 0) is 13.6 Å². The summed E-state index contributed by atoms with van der Waals surface area (Å²) < 4.78 is 1.78. The molecule has 4 nitrogen and oxygen atoms in total. The number of aromatic nitrogens is 2. The van der Waals surface area contributed by atoms with Crippen molar-refractivity contribution in [3.63, 3.8) is 0 Å². The number of aryl methyl sites for hydroxylation is 3. The summed E-state index contributed by atoms with van der Waals surface area (Å²) >= 11 is 0. The number of carbonyl (C=O) groups excluding carboxylic acids is 1. The van der Waals surface area contributed by atoms with Gasteiger partial charge in [0.05, 0.1) is 17.9 Å². The Hall–Kier alpha value is -2.10. The molecule has 1 aromatic carbocycles. The summed E-state index contributed by atoms with van der Waals surface area (Å²) in [6.07, 6.45) is 0. The van der Waals surface area contributed by atoms with Crippen LogP contribution in [0.2, 0.25) is 0 Å². The summed E-state index contributed by atoms with van der Waals surface area (Å²) in [6.45, 7) is 4.40. The molecule has 0 aliphatic heterocycles. The van der Waals surface area contributed by atoms with E-state index in [2.05, 4.69) is 10.4 Å². The molecule has 4 heteroatoms. The van der Waals surface area contributed by atoms with Gasteiger partial charge in [-0.25, -0.2) is 0 Å². The van der Waals surface area contributed by atoms with Gasteiger partial charge >= 0.3 is 0 Å². The van der Waals surface area contributed by atoms with E-state index in [1.54, 1.807) is 4.68 Å². The van der Waals surface area contributed by atoms with Crippen molar-refractivity contribution in [1.29, 1.82) is 0 Å². The van der Waals surface area contributed by atoms with E-state index >= 15 is 0 Å². The summed E-state index contributed by atoms with van der Waals surface area (Å²) in [5, 5.41) is 7.14. The lowest BCUT2D eigenvalue weighted by Gasteiger charge is -2.06. The molecule has 0 spiro atoms. The summed E-state index contributed by atoms with van der Waals surface area (Å²) in [5.41, 5.74) is 3.72. The zero-order valence-corrected chi connectivity index (χ0v) is 10.9. The van der Waals surface area contributed by atoms with E-state index in [-0.39, 0.29) is 5.91 Å². The Kier molecular flexibility index (Phi) is 3.46. The van der Waals surface area contributed by atoms with Crippen LogP contribution in [0.4, 0.5) is 0 Å². The molecule has 0 saturated carbocycles. The van der Waals surface area contributed by atoms with E-state index in [1.807, 2.05) is 51.2 Å². The first-order chi connectivity index (χ1) is 8.56. The largest absolute Gasteiger partial charge is 0.346 e. The third kappa shape index (κ3) is 2.77. The fourth-order valence-electron chi connectivity index (χ4n) is 1.89. The smallest absolute Gasteiger partial charge is 0.251 e. The van der Waals surface area contributed by atoms with Crippen LogP contribution in [-0.4, -0.2) is 15.7 Å². The molecule has 0 saturated heterocycles. The van der Waals surface area contributed by atoms with Crippen molar-refractivity contribution in [2.75, 3.05) is 0 Å². The molecule has 0 atom stereocenters. The molecule has 1 heterocycles. The zero-order valence-electron chi connectivity index (χ0n) is 10.9. The van der Waals surface area contributed by atoms with E-state index in [1.165, 1.54) is 0 Å². The fourth-order valence-corrected chi connectivity index (χ4v) is 1.89. The minimum absolute atomic E-state index is 0.0578. The molecular weight excluding hydrogens is 226 g/mol. The van der Waals surface area contributed by atoms with Crippen LogP contribution in [0.5, 0.6) is 0 Å². The van der Waals surface area contributed by atoms with Crippen molar-refractivity contribution >= 4 is 5.91 Å². The lowest BCUT2D eigenvalue weighted by Crippen LogP contribution is -2.24. The van der Waals surface area contributed by atoms with Crippen molar-refractivity contribution < 1.29 is 4.79 Å². The van der Waals surface area contributed by atoms with E-state index in [0.717, 1.165) is 17.0 Å². The lowest BCUT2D eigenvalue weighted by atomic mass is 10.1. The predicted molar refractivity (Wildman–Crippen MR) is 70.3 cm³/mol. The molecule has 0 aliphatic carbocycles. The van der Waals surface area contributed by atoms with Gasteiger partial charge in [-0.1, -0.05) is 17.7 Å². The molecule has 1 N–H and O–H groups in total. The number of rotatable bonds is 3. The van der Waals surface area contributed by atoms with Gasteiger partial charge in [-0.2, -0.15) is 5.10 Å². The lowest BCUT2D eigenvalue weighted by molar-refractivity contribution is 0.0950. The van der Waals surface area contributed by atoms with Crippen molar-refractivity contribution in [1.82, 2.24) is 15.1 Å². The number of amides is 1. The van der Waals surface area contributed by atoms with Gasteiger partial charge in [0.1, 0.15) is 0 Å². The van der Waals surface area contributed by atoms with Crippen molar-refractivity contribution in [2.45, 2.75) is 20.4 Å². The predicted octanol–water partition coefficient (Wildman–Crippen LogP) is 1.97. The first kappa shape index (κ1) is 12.4. The average molecular weight is 243 g/mol. The highest BCUT2D eigenvalue weighted by atomic mass is 16.1. The van der Waals surface area contributed by atoms with Gasteiger partial charge in [0.25, 0.3) is 5.91 Å². The van der Waals surface area contributed by atoms with Gasteiger partial charge in [0, 0.05) is 12.6 Å². The maximum atomic E-state index is 11.9. The van der Waals surface area contributed by atoms with Gasteiger partial charge in [-0.05, 0) is 32.0 Å². The second kappa shape index (κ2) is 5.04. The highest BCUT2D eigenvalue weighted by Gasteiger charge is 2.07. The normalized spacial score (nSPS) is 10.4. The molecule has 2 rings (SSSR count). The summed E-state index contributed by atoms with van der Waals surface area (Å²) in [6, 6.07) is 9.52. The third-order valence-corrected chi connectivity index (χ3v) is 2.81. The maximum absolute atomic E-state index is 11.9. The summed E-state index contributed by atoms with van der Waals surface area (Å²) in [5.74, 6) is -0.0578. The minimum atomic E-state index is -0.0578. The Balaban J connectivity index is 2.02. The van der Waals surface area contributed by atoms with Crippen LogP contribution in [0, 0.1) is 13.8 Å². The highest BCUT2D eigenvalue weighted by molar-refractivity contribution is 5.94. The molecule has 0 bridgehead atoms. The van der Waals surface area contributed by atoms with Crippen LogP contribution < -0.4 is 5.32 Å². The maximum Gasteiger partial charge on any atom is 0.251 e. The van der Waals surface area contributed by atoms with Crippen LogP contribution in [0.25, 0.3) is 0 Å². The topological polar surface area (TPSA) is 46.9 Å². The molecule has 0 unspecified atom stereocenters. The Labute approximate surface area is 107 Å². The Morgan fingerprint density at radius 2 is 2.11 bits per heavy atom. The van der Waals surface area contributed by atoms with E-state index in [0.29, 0.717) is 12.1 Å². The quantitative estimate of drug-likeness (QED) is 0.895. The van der Waals surface area contributed by atoms with Gasteiger partial charge in [0.2, 0.25) is 0 Å². The van der Waals surface area contributed by atoms with Gasteiger partial charge in [-0.15, -0.1) is 0 Å². The second-order valence-electron chi connectivity index (χ2n) is 4.45. The molecule has 2 aromatic rings. The number of hydrogen-bond donors (Lipinski definition) is 1. The van der Waals surface area contributed by atoms with Crippen molar-refractivity contribution in [3.05, 3.63) is 52.8 Å². The van der Waals surface area contributed by atoms with E-state index in [4.69, 9.17) is 0 Å². The number of carbonyl (C=O) groups is 1. The first-order valence-corrected chi connectivity index (χ1v) is 5.90. The second-order valence-corrected chi connectivity index (χ2v) is 4.45. The molecule has 1 aromatic heterocycles. The molecular formula is C14H17N3O. The van der Waals surface area contributed by atoms with E-state index < -0.39 is 0 Å². The van der Waals surface area contributed by atoms with Crippen LogP contribution in [0.3, 0.4) is 0 Å². The van der Waals surface area contributed by atoms with Gasteiger partial charge < -0.3 is 5.32 Å². The van der Waals surface area contributed by atoms with Gasteiger partial charge in [0.15, 0.2) is 0 Å². The zero-order chi connectivity index (χ0) is 13.1. The average Bonchev–Trinajstić information content (AvgIpc) is 2.65. The summed E-state index contributed by atoms with van der Waals surface area (Å²) in [7, 11) is 1.88. The Bertz CT molecular complexity index is 572. The monoisotopic (exact) mass is 243 g/mol.